The summed E-state index contributed by atoms with van der Waals surface area (Å²) in [6.45, 7) is 1.76. The Bertz CT molecular complexity index is 350. The Labute approximate surface area is 96.3 Å². The predicted octanol–water partition coefficient (Wildman–Crippen LogP) is 3.31. The molecule has 0 amide bonds. The van der Waals surface area contributed by atoms with E-state index in [1.807, 2.05) is 0 Å². The summed E-state index contributed by atoms with van der Waals surface area (Å²) in [6, 6.07) is 5.02. The van der Waals surface area contributed by atoms with Gasteiger partial charge in [-0.15, -0.1) is 0 Å². The van der Waals surface area contributed by atoms with Crippen LogP contribution in [0.2, 0.25) is 5.02 Å². The number of hydrogen-bond acceptors (Lipinski definition) is 2. The van der Waals surface area contributed by atoms with Crippen molar-refractivity contribution in [1.82, 2.24) is 0 Å². The smallest absolute Gasteiger partial charge is 0.177 e. The predicted molar refractivity (Wildman–Crippen MR) is 60.7 cm³/mol. The molecule has 0 aliphatic carbocycles. The number of rotatable bonds is 3. The largest absolute Gasteiger partial charge is 0.497 e. The van der Waals surface area contributed by atoms with Gasteiger partial charge in [-0.3, -0.25) is 4.79 Å². The summed E-state index contributed by atoms with van der Waals surface area (Å²) in [6.07, 6.45) is 0. The highest BCUT2D eigenvalue weighted by Crippen LogP contribution is 2.24. The van der Waals surface area contributed by atoms with Gasteiger partial charge in [-0.25, -0.2) is 0 Å². The van der Waals surface area contributed by atoms with E-state index >= 15 is 0 Å². The second kappa shape index (κ2) is 4.80. The highest BCUT2D eigenvalue weighted by atomic mass is 79.9. The van der Waals surface area contributed by atoms with Crippen LogP contribution in [0.25, 0.3) is 0 Å². The summed E-state index contributed by atoms with van der Waals surface area (Å²) >= 11 is 9.10. The van der Waals surface area contributed by atoms with Gasteiger partial charge in [0.1, 0.15) is 5.75 Å². The van der Waals surface area contributed by atoms with E-state index in [4.69, 9.17) is 16.3 Å². The van der Waals surface area contributed by atoms with Crippen LogP contribution in [-0.2, 0) is 0 Å². The molecule has 14 heavy (non-hydrogen) atoms. The minimum Gasteiger partial charge on any atom is -0.497 e. The number of Topliss-reactive ketones (excluding diaryl/α,β-unsaturated/α-hetero) is 1. The molecule has 0 N–H and O–H groups in total. The maximum absolute atomic E-state index is 11.6. The van der Waals surface area contributed by atoms with Crippen molar-refractivity contribution in [2.45, 2.75) is 11.8 Å². The molecular formula is C10H10BrClO2. The van der Waals surface area contributed by atoms with Crippen molar-refractivity contribution >= 4 is 33.3 Å². The van der Waals surface area contributed by atoms with E-state index in [0.717, 1.165) is 0 Å². The Morgan fingerprint density at radius 2 is 2.21 bits per heavy atom. The average Bonchev–Trinajstić information content (AvgIpc) is 2.17. The molecule has 1 atom stereocenters. The molecule has 1 rings (SSSR count). The van der Waals surface area contributed by atoms with Gasteiger partial charge >= 0.3 is 0 Å². The molecule has 0 bridgehead atoms. The number of ketones is 1. The fraction of sp³-hybridized carbons (Fsp3) is 0.300. The molecule has 1 aromatic carbocycles. The van der Waals surface area contributed by atoms with Crippen LogP contribution >= 0.6 is 27.5 Å². The van der Waals surface area contributed by atoms with Crippen molar-refractivity contribution < 1.29 is 9.53 Å². The van der Waals surface area contributed by atoms with Crippen molar-refractivity contribution in [1.29, 1.82) is 0 Å². The summed E-state index contributed by atoms with van der Waals surface area (Å²) in [4.78, 5) is 11.4. The zero-order valence-corrected chi connectivity index (χ0v) is 10.2. The summed E-state index contributed by atoms with van der Waals surface area (Å²) in [5, 5.41) is 0.446. The Balaban J connectivity index is 3.12. The molecule has 0 spiro atoms. The van der Waals surface area contributed by atoms with Crippen LogP contribution in [0.3, 0.4) is 0 Å². The van der Waals surface area contributed by atoms with Gasteiger partial charge < -0.3 is 4.74 Å². The van der Waals surface area contributed by atoms with E-state index in [0.29, 0.717) is 16.3 Å². The van der Waals surface area contributed by atoms with Crippen LogP contribution in [0.4, 0.5) is 0 Å². The summed E-state index contributed by atoms with van der Waals surface area (Å²) < 4.78 is 5.01. The van der Waals surface area contributed by atoms with Crippen LogP contribution in [0.5, 0.6) is 5.75 Å². The fourth-order valence-corrected chi connectivity index (χ4v) is 1.49. The molecule has 76 valence electrons. The molecule has 0 aliphatic heterocycles. The standard InChI is InChI=1S/C10H10BrClO2/c1-6(11)10(13)8-5-7(14-2)3-4-9(8)12/h3-6H,1-2H3. The van der Waals surface area contributed by atoms with Crippen molar-refractivity contribution in [3.63, 3.8) is 0 Å². The molecule has 0 saturated carbocycles. The lowest BCUT2D eigenvalue weighted by Crippen LogP contribution is -2.10. The first kappa shape index (κ1) is 11.5. The Kier molecular flexibility index (Phi) is 3.96. The Hall–Kier alpha value is -0.540. The number of benzene rings is 1. The third-order valence-corrected chi connectivity index (χ3v) is 2.55. The SMILES string of the molecule is COc1ccc(Cl)c(C(=O)C(C)Br)c1. The molecule has 0 saturated heterocycles. The number of ether oxygens (including phenoxy) is 1. The van der Waals surface area contributed by atoms with Gasteiger partial charge in [0.15, 0.2) is 5.78 Å². The van der Waals surface area contributed by atoms with Gasteiger partial charge in [0.2, 0.25) is 0 Å². The fourth-order valence-electron chi connectivity index (χ4n) is 1.03. The van der Waals surface area contributed by atoms with Gasteiger partial charge in [0.05, 0.1) is 17.0 Å². The van der Waals surface area contributed by atoms with Crippen LogP contribution in [-0.4, -0.2) is 17.7 Å². The second-order valence-electron chi connectivity index (χ2n) is 2.83. The molecule has 2 nitrogen and oxygen atoms in total. The number of hydrogen-bond donors (Lipinski definition) is 0. The minimum atomic E-state index is -0.243. The van der Waals surface area contributed by atoms with E-state index in [1.54, 1.807) is 32.2 Å². The molecular weight excluding hydrogens is 267 g/mol. The van der Waals surface area contributed by atoms with Gasteiger partial charge in [0.25, 0.3) is 0 Å². The van der Waals surface area contributed by atoms with Crippen LogP contribution in [0, 0.1) is 0 Å². The number of alkyl halides is 1. The van der Waals surface area contributed by atoms with Crippen molar-refractivity contribution in [2.24, 2.45) is 0 Å². The zero-order valence-electron chi connectivity index (χ0n) is 7.88. The molecule has 0 radical (unpaired) electrons. The van der Waals surface area contributed by atoms with Gasteiger partial charge in [-0.1, -0.05) is 27.5 Å². The highest BCUT2D eigenvalue weighted by molar-refractivity contribution is 9.10. The van der Waals surface area contributed by atoms with E-state index in [1.165, 1.54) is 0 Å². The number of methoxy groups -OCH3 is 1. The minimum absolute atomic E-state index is 0.0473. The third-order valence-electron chi connectivity index (χ3n) is 1.80. The van der Waals surface area contributed by atoms with Crippen LogP contribution < -0.4 is 4.74 Å². The van der Waals surface area contributed by atoms with E-state index in [-0.39, 0.29) is 10.6 Å². The lowest BCUT2D eigenvalue weighted by molar-refractivity contribution is 0.0995. The molecule has 1 aromatic rings. The summed E-state index contributed by atoms with van der Waals surface area (Å²) in [5.74, 6) is 0.583. The topological polar surface area (TPSA) is 26.3 Å². The Morgan fingerprint density at radius 1 is 1.57 bits per heavy atom. The molecule has 0 aliphatic rings. The van der Waals surface area contributed by atoms with Gasteiger partial charge in [0, 0.05) is 5.56 Å². The molecule has 4 heteroatoms. The van der Waals surface area contributed by atoms with Gasteiger partial charge in [-0.05, 0) is 25.1 Å². The van der Waals surface area contributed by atoms with Crippen molar-refractivity contribution in [3.8, 4) is 5.75 Å². The lowest BCUT2D eigenvalue weighted by atomic mass is 10.1. The number of halogens is 2. The molecule has 0 heterocycles. The van der Waals surface area contributed by atoms with Crippen LogP contribution in [0.15, 0.2) is 18.2 Å². The maximum Gasteiger partial charge on any atom is 0.177 e. The monoisotopic (exact) mass is 276 g/mol. The van der Waals surface area contributed by atoms with Crippen LogP contribution in [0.1, 0.15) is 17.3 Å². The van der Waals surface area contributed by atoms with Crippen molar-refractivity contribution in [3.05, 3.63) is 28.8 Å². The van der Waals surface area contributed by atoms with Crippen molar-refractivity contribution in [2.75, 3.05) is 7.11 Å². The normalized spacial score (nSPS) is 12.3. The quantitative estimate of drug-likeness (QED) is 0.626. The van der Waals surface area contributed by atoms with Gasteiger partial charge in [-0.2, -0.15) is 0 Å². The molecule has 1 unspecified atom stereocenters. The number of carbonyl (C=O) groups excluding carboxylic acids is 1. The summed E-state index contributed by atoms with van der Waals surface area (Å²) in [5.41, 5.74) is 0.482. The van der Waals surface area contributed by atoms with E-state index in [9.17, 15) is 4.79 Å². The first-order chi connectivity index (χ1) is 6.56. The second-order valence-corrected chi connectivity index (χ2v) is 4.61. The average molecular weight is 278 g/mol. The third kappa shape index (κ3) is 2.49. The van der Waals surface area contributed by atoms with E-state index in [2.05, 4.69) is 15.9 Å². The Morgan fingerprint density at radius 3 is 2.71 bits per heavy atom. The maximum atomic E-state index is 11.6. The van der Waals surface area contributed by atoms with E-state index < -0.39 is 0 Å². The zero-order chi connectivity index (χ0) is 10.7. The lowest BCUT2D eigenvalue weighted by Gasteiger charge is -2.07. The molecule has 0 fully saturated rings. The summed E-state index contributed by atoms with van der Waals surface area (Å²) in [7, 11) is 1.55. The number of carbonyl (C=O) groups is 1. The highest BCUT2D eigenvalue weighted by Gasteiger charge is 2.15. The molecule has 0 aromatic heterocycles. The first-order valence-corrected chi connectivity index (χ1v) is 5.37. The first-order valence-electron chi connectivity index (χ1n) is 4.08.